The Kier molecular flexibility index (Phi) is 6.96. The van der Waals surface area contributed by atoms with Crippen LogP contribution >= 0.6 is 11.5 Å². The molecule has 1 amide bonds. The maximum atomic E-state index is 12.9. The molecule has 1 N–H and O–H groups in total. The lowest BCUT2D eigenvalue weighted by Gasteiger charge is -2.19. The van der Waals surface area contributed by atoms with Gasteiger partial charge in [-0.15, -0.1) is 0 Å². The van der Waals surface area contributed by atoms with E-state index in [9.17, 15) is 4.79 Å². The van der Waals surface area contributed by atoms with Crippen molar-refractivity contribution in [2.24, 2.45) is 10.1 Å². The zero-order valence-electron chi connectivity index (χ0n) is 16.5. The molecule has 1 aromatic carbocycles. The number of carbonyl (C=O) groups excluding carboxylic acids is 1. The molecule has 7 heteroatoms. The Morgan fingerprint density at radius 1 is 1.37 bits per heavy atom. The Balaban J connectivity index is 2.52. The highest BCUT2D eigenvalue weighted by Crippen LogP contribution is 2.21. The highest BCUT2D eigenvalue weighted by Gasteiger charge is 2.17. The molecule has 0 saturated carbocycles. The molecule has 146 valence electrons. The normalized spacial score (nSPS) is 12.7. The van der Waals surface area contributed by atoms with Gasteiger partial charge < -0.3 is 9.94 Å². The maximum absolute atomic E-state index is 12.9. The number of hydrogen-bond donors (Lipinski definition) is 1. The lowest BCUT2D eigenvalue weighted by molar-refractivity contribution is 0.0996. The van der Waals surface area contributed by atoms with Crippen molar-refractivity contribution in [3.05, 3.63) is 45.8 Å². The summed E-state index contributed by atoms with van der Waals surface area (Å²) in [7, 11) is 1.51. The Morgan fingerprint density at radius 3 is 2.70 bits per heavy atom. The van der Waals surface area contributed by atoms with E-state index in [2.05, 4.69) is 48.0 Å². The zero-order valence-corrected chi connectivity index (χ0v) is 17.3. The lowest BCUT2D eigenvalue weighted by Crippen LogP contribution is -2.18. The highest BCUT2D eigenvalue weighted by molar-refractivity contribution is 7.04. The van der Waals surface area contributed by atoms with E-state index >= 15 is 0 Å². The van der Waals surface area contributed by atoms with Crippen molar-refractivity contribution in [2.45, 2.75) is 52.5 Å². The SMILES string of the molecule is CCCCc1cn(C(C)(C)C)s/c1=N\C(=O)c1cc(/C=N\O)ccc1OC. The minimum absolute atomic E-state index is 0.0718. The standard InChI is InChI=1S/C20H27N3O3S/c1-6-7-8-15-13-23(20(2,3)4)27-19(15)22-18(24)16-11-14(12-21-25)9-10-17(16)26-5/h9-13,25H,6-8H2,1-5H3/b21-12-,22-19-. The van der Waals surface area contributed by atoms with E-state index in [0.717, 1.165) is 29.5 Å². The maximum Gasteiger partial charge on any atom is 0.282 e. The van der Waals surface area contributed by atoms with Gasteiger partial charge in [0, 0.05) is 17.3 Å². The van der Waals surface area contributed by atoms with Crippen LogP contribution in [0.15, 0.2) is 34.5 Å². The number of amides is 1. The average Bonchev–Trinajstić information content (AvgIpc) is 3.03. The molecule has 0 unspecified atom stereocenters. The van der Waals surface area contributed by atoms with E-state index in [1.807, 2.05) is 0 Å². The number of aryl methyl sites for hydroxylation is 1. The van der Waals surface area contributed by atoms with Crippen LogP contribution in [-0.2, 0) is 12.0 Å². The highest BCUT2D eigenvalue weighted by atomic mass is 32.1. The number of aromatic nitrogens is 1. The third kappa shape index (κ3) is 5.29. The minimum Gasteiger partial charge on any atom is -0.496 e. The largest absolute Gasteiger partial charge is 0.496 e. The number of rotatable bonds is 6. The number of ether oxygens (including phenoxy) is 1. The van der Waals surface area contributed by atoms with Gasteiger partial charge in [-0.2, -0.15) is 4.99 Å². The van der Waals surface area contributed by atoms with Crippen LogP contribution in [0.3, 0.4) is 0 Å². The van der Waals surface area contributed by atoms with Crippen LogP contribution in [0.1, 0.15) is 62.0 Å². The number of methoxy groups -OCH3 is 1. The molecule has 1 aromatic heterocycles. The first-order valence-corrected chi connectivity index (χ1v) is 9.74. The summed E-state index contributed by atoms with van der Waals surface area (Å²) in [5.74, 6) is 0.0647. The number of carbonyl (C=O) groups is 1. The Morgan fingerprint density at radius 2 is 2.11 bits per heavy atom. The average molecular weight is 390 g/mol. The summed E-state index contributed by atoms with van der Waals surface area (Å²) in [4.78, 5) is 17.3. The van der Waals surface area contributed by atoms with Crippen LogP contribution in [-0.4, -0.2) is 28.4 Å². The molecule has 6 nitrogen and oxygen atoms in total. The summed E-state index contributed by atoms with van der Waals surface area (Å²) in [6, 6.07) is 4.99. The smallest absolute Gasteiger partial charge is 0.282 e. The van der Waals surface area contributed by atoms with Crippen LogP contribution in [0.2, 0.25) is 0 Å². The molecule has 0 aliphatic heterocycles. The molecular weight excluding hydrogens is 362 g/mol. The minimum atomic E-state index is -0.374. The second-order valence-corrected chi connectivity index (χ2v) is 8.23. The van der Waals surface area contributed by atoms with E-state index in [1.54, 1.807) is 18.2 Å². The molecule has 0 spiro atoms. The molecule has 0 fully saturated rings. The van der Waals surface area contributed by atoms with E-state index < -0.39 is 0 Å². The molecule has 27 heavy (non-hydrogen) atoms. The van der Waals surface area contributed by atoms with E-state index in [4.69, 9.17) is 9.94 Å². The molecule has 0 aliphatic rings. The van der Waals surface area contributed by atoms with Gasteiger partial charge in [0.25, 0.3) is 5.91 Å². The lowest BCUT2D eigenvalue weighted by atomic mass is 10.1. The van der Waals surface area contributed by atoms with Gasteiger partial charge in [0.05, 0.1) is 18.9 Å². The summed E-state index contributed by atoms with van der Waals surface area (Å²) in [6.07, 6.45) is 6.37. The fraction of sp³-hybridized carbons (Fsp3) is 0.450. The fourth-order valence-corrected chi connectivity index (χ4v) is 3.56. The number of nitrogens with zero attached hydrogens (tertiary/aromatic N) is 3. The van der Waals surface area contributed by atoms with Crippen molar-refractivity contribution in [2.75, 3.05) is 7.11 Å². The predicted molar refractivity (Wildman–Crippen MR) is 108 cm³/mol. The number of hydrogen-bond acceptors (Lipinski definition) is 5. The number of unbranched alkanes of at least 4 members (excludes halogenated alkanes) is 1. The number of benzene rings is 1. The molecule has 0 atom stereocenters. The summed E-state index contributed by atoms with van der Waals surface area (Å²) >= 11 is 1.49. The fourth-order valence-electron chi connectivity index (χ4n) is 2.53. The number of oxime groups is 1. The summed E-state index contributed by atoms with van der Waals surface area (Å²) < 4.78 is 8.17. The summed E-state index contributed by atoms with van der Waals surface area (Å²) in [5, 5.41) is 11.8. The van der Waals surface area contributed by atoms with Crippen LogP contribution in [0.4, 0.5) is 0 Å². The van der Waals surface area contributed by atoms with E-state index in [1.165, 1.54) is 24.9 Å². The van der Waals surface area contributed by atoms with Crippen molar-refractivity contribution in [1.29, 1.82) is 0 Å². The van der Waals surface area contributed by atoms with Crippen molar-refractivity contribution >= 4 is 23.7 Å². The third-order valence-electron chi connectivity index (χ3n) is 4.06. The monoisotopic (exact) mass is 389 g/mol. The molecule has 0 aliphatic carbocycles. The summed E-state index contributed by atoms with van der Waals surface area (Å²) in [5.41, 5.74) is 1.95. The van der Waals surface area contributed by atoms with Crippen molar-refractivity contribution < 1.29 is 14.7 Å². The molecule has 0 radical (unpaired) electrons. The zero-order chi connectivity index (χ0) is 20.0. The van der Waals surface area contributed by atoms with Gasteiger partial charge in [-0.3, -0.25) is 8.75 Å². The Labute approximate surface area is 164 Å². The van der Waals surface area contributed by atoms with Crippen molar-refractivity contribution in [3.8, 4) is 5.75 Å². The quantitative estimate of drug-likeness (QED) is 0.457. The van der Waals surface area contributed by atoms with Crippen LogP contribution in [0.25, 0.3) is 0 Å². The van der Waals surface area contributed by atoms with Gasteiger partial charge in [-0.1, -0.05) is 18.5 Å². The first kappa shape index (κ1) is 20.9. The molecule has 2 aromatic rings. The van der Waals surface area contributed by atoms with Gasteiger partial charge in [-0.05, 0) is 68.9 Å². The Hall–Kier alpha value is -2.41. The van der Waals surface area contributed by atoms with E-state index in [0.29, 0.717) is 16.9 Å². The molecule has 0 saturated heterocycles. The van der Waals surface area contributed by atoms with Gasteiger partial charge >= 0.3 is 0 Å². The molecule has 2 rings (SSSR count). The van der Waals surface area contributed by atoms with Gasteiger partial charge in [-0.25, -0.2) is 0 Å². The first-order chi connectivity index (χ1) is 12.8. The van der Waals surface area contributed by atoms with Gasteiger partial charge in [0.15, 0.2) is 0 Å². The van der Waals surface area contributed by atoms with Crippen LogP contribution in [0, 0.1) is 0 Å². The topological polar surface area (TPSA) is 76.2 Å². The second-order valence-electron chi connectivity index (χ2n) is 7.27. The van der Waals surface area contributed by atoms with Crippen LogP contribution < -0.4 is 9.41 Å². The molecular formula is C20H27N3O3S. The van der Waals surface area contributed by atoms with Gasteiger partial charge in [0.2, 0.25) is 0 Å². The van der Waals surface area contributed by atoms with Crippen molar-refractivity contribution in [1.82, 2.24) is 3.96 Å². The first-order valence-electron chi connectivity index (χ1n) is 8.97. The summed E-state index contributed by atoms with van der Waals surface area (Å²) in [6.45, 7) is 8.52. The Bertz CT molecular complexity index is 889. The third-order valence-corrected chi connectivity index (χ3v) is 5.43. The van der Waals surface area contributed by atoms with Gasteiger partial charge in [0.1, 0.15) is 10.4 Å². The van der Waals surface area contributed by atoms with E-state index in [-0.39, 0.29) is 11.4 Å². The van der Waals surface area contributed by atoms with Crippen LogP contribution in [0.5, 0.6) is 5.75 Å². The predicted octanol–water partition coefficient (Wildman–Crippen LogP) is 4.21. The molecule has 1 heterocycles. The second kappa shape index (κ2) is 8.99. The molecule has 0 bridgehead atoms. The van der Waals surface area contributed by atoms with Crippen molar-refractivity contribution in [3.63, 3.8) is 0 Å².